The number of hydrogen-bond donors (Lipinski definition) is 0. The predicted molar refractivity (Wildman–Crippen MR) is 93.8 cm³/mol. The third kappa shape index (κ3) is 4.35. The lowest BCUT2D eigenvalue weighted by molar-refractivity contribution is -0.169. The average Bonchev–Trinajstić information content (AvgIpc) is 2.63. The van der Waals surface area contributed by atoms with E-state index in [1.807, 2.05) is 30.3 Å². The Morgan fingerprint density at radius 3 is 2.88 bits per heavy atom. The highest BCUT2D eigenvalue weighted by Gasteiger charge is 2.15. The topological polar surface area (TPSA) is 51.5 Å². The first-order chi connectivity index (χ1) is 11.8. The molecule has 2 aromatic carbocycles. The summed E-state index contributed by atoms with van der Waals surface area (Å²) in [5, 5.41) is 9.15. The molecular formula is C19H18BrNO3. The Morgan fingerprint density at radius 1 is 1.21 bits per heavy atom. The van der Waals surface area contributed by atoms with Crippen molar-refractivity contribution in [3.63, 3.8) is 0 Å². The molecule has 0 aromatic heterocycles. The van der Waals surface area contributed by atoms with Gasteiger partial charge in [-0.25, -0.2) is 0 Å². The first-order valence-corrected chi connectivity index (χ1v) is 8.74. The number of para-hydroxylation sites is 1. The van der Waals surface area contributed by atoms with E-state index >= 15 is 0 Å². The molecule has 1 aliphatic rings. The van der Waals surface area contributed by atoms with E-state index in [2.05, 4.69) is 22.0 Å². The Hall–Kier alpha value is -1.87. The lowest BCUT2D eigenvalue weighted by Gasteiger charge is -2.23. The molecule has 4 nitrogen and oxygen atoms in total. The van der Waals surface area contributed by atoms with E-state index in [4.69, 9.17) is 19.5 Å². The molecule has 0 aliphatic carbocycles. The maximum absolute atomic E-state index is 9.15. The van der Waals surface area contributed by atoms with Gasteiger partial charge in [0.25, 0.3) is 0 Å². The standard InChI is InChI=1S/C19H18BrNO3/c20-17-9-8-16(24-18-6-2-1-5-14(18)12-21)11-15(17)13-23-19-7-3-4-10-22-19/h1-2,5-6,8-9,11,19H,3-4,7,10,13H2. The van der Waals surface area contributed by atoms with E-state index in [0.717, 1.165) is 35.9 Å². The van der Waals surface area contributed by atoms with Gasteiger partial charge in [0, 0.05) is 11.1 Å². The minimum Gasteiger partial charge on any atom is -0.456 e. The summed E-state index contributed by atoms with van der Waals surface area (Å²) in [6.07, 6.45) is 3.05. The van der Waals surface area contributed by atoms with Crippen molar-refractivity contribution in [1.29, 1.82) is 5.26 Å². The second kappa shape index (κ2) is 8.29. The summed E-state index contributed by atoms with van der Waals surface area (Å²) >= 11 is 3.54. The van der Waals surface area contributed by atoms with Gasteiger partial charge in [0.05, 0.1) is 12.2 Å². The van der Waals surface area contributed by atoms with Crippen LogP contribution in [0.1, 0.15) is 30.4 Å². The van der Waals surface area contributed by atoms with Crippen LogP contribution < -0.4 is 4.74 Å². The van der Waals surface area contributed by atoms with E-state index in [1.165, 1.54) is 0 Å². The monoisotopic (exact) mass is 387 g/mol. The summed E-state index contributed by atoms with van der Waals surface area (Å²) in [5.41, 5.74) is 1.49. The molecule has 0 N–H and O–H groups in total. The van der Waals surface area contributed by atoms with Gasteiger partial charge in [-0.15, -0.1) is 0 Å². The van der Waals surface area contributed by atoms with Crippen LogP contribution in [0.15, 0.2) is 46.9 Å². The molecule has 1 heterocycles. The maximum Gasteiger partial charge on any atom is 0.158 e. The fourth-order valence-corrected chi connectivity index (χ4v) is 2.89. The van der Waals surface area contributed by atoms with Crippen LogP contribution in [-0.2, 0) is 16.1 Å². The van der Waals surface area contributed by atoms with Crippen LogP contribution in [-0.4, -0.2) is 12.9 Å². The van der Waals surface area contributed by atoms with Gasteiger partial charge in [-0.05, 0) is 55.2 Å². The van der Waals surface area contributed by atoms with Crippen molar-refractivity contribution in [3.8, 4) is 17.6 Å². The third-order valence-corrected chi connectivity index (χ3v) is 4.59. The minimum atomic E-state index is -0.130. The van der Waals surface area contributed by atoms with E-state index in [1.54, 1.807) is 12.1 Å². The highest BCUT2D eigenvalue weighted by atomic mass is 79.9. The summed E-state index contributed by atoms with van der Waals surface area (Å²) in [4.78, 5) is 0. The molecule has 0 saturated carbocycles. The van der Waals surface area contributed by atoms with E-state index in [9.17, 15) is 0 Å². The van der Waals surface area contributed by atoms with Gasteiger partial charge in [-0.1, -0.05) is 28.1 Å². The van der Waals surface area contributed by atoms with Gasteiger partial charge < -0.3 is 14.2 Å². The van der Waals surface area contributed by atoms with Crippen LogP contribution in [0.25, 0.3) is 0 Å². The van der Waals surface area contributed by atoms with Gasteiger partial charge in [-0.2, -0.15) is 5.26 Å². The van der Waals surface area contributed by atoms with Gasteiger partial charge in [0.15, 0.2) is 6.29 Å². The van der Waals surface area contributed by atoms with E-state index in [-0.39, 0.29) is 6.29 Å². The molecule has 3 rings (SSSR count). The zero-order chi connectivity index (χ0) is 16.8. The van der Waals surface area contributed by atoms with Crippen LogP contribution in [0, 0.1) is 11.3 Å². The number of rotatable bonds is 5. The van der Waals surface area contributed by atoms with E-state index in [0.29, 0.717) is 23.7 Å². The molecule has 1 atom stereocenters. The lowest BCUT2D eigenvalue weighted by atomic mass is 10.2. The molecule has 0 bridgehead atoms. The smallest absolute Gasteiger partial charge is 0.158 e. The summed E-state index contributed by atoms with van der Waals surface area (Å²) in [5.74, 6) is 1.22. The molecule has 1 fully saturated rings. The van der Waals surface area contributed by atoms with Crippen molar-refractivity contribution in [2.45, 2.75) is 32.2 Å². The van der Waals surface area contributed by atoms with Crippen LogP contribution in [0.5, 0.6) is 11.5 Å². The Morgan fingerprint density at radius 2 is 2.08 bits per heavy atom. The van der Waals surface area contributed by atoms with Crippen LogP contribution in [0.4, 0.5) is 0 Å². The van der Waals surface area contributed by atoms with Crippen LogP contribution >= 0.6 is 15.9 Å². The van der Waals surface area contributed by atoms with Crippen molar-refractivity contribution in [1.82, 2.24) is 0 Å². The number of benzene rings is 2. The van der Waals surface area contributed by atoms with Crippen molar-refractivity contribution in [2.75, 3.05) is 6.61 Å². The molecule has 0 amide bonds. The number of hydrogen-bond acceptors (Lipinski definition) is 4. The summed E-state index contributed by atoms with van der Waals surface area (Å²) < 4.78 is 18.2. The van der Waals surface area contributed by atoms with Crippen molar-refractivity contribution in [2.24, 2.45) is 0 Å². The number of nitrogens with zero attached hydrogens (tertiary/aromatic N) is 1. The molecular weight excluding hydrogens is 370 g/mol. The molecule has 1 saturated heterocycles. The SMILES string of the molecule is N#Cc1ccccc1Oc1ccc(Br)c(COC2CCCCO2)c1. The number of halogens is 1. The second-order valence-corrected chi connectivity index (χ2v) is 6.42. The molecule has 1 unspecified atom stereocenters. The molecule has 0 radical (unpaired) electrons. The number of ether oxygens (including phenoxy) is 3. The zero-order valence-electron chi connectivity index (χ0n) is 13.2. The highest BCUT2D eigenvalue weighted by molar-refractivity contribution is 9.10. The first-order valence-electron chi connectivity index (χ1n) is 7.95. The van der Waals surface area contributed by atoms with Gasteiger partial charge >= 0.3 is 0 Å². The molecule has 24 heavy (non-hydrogen) atoms. The summed E-state index contributed by atoms with van der Waals surface area (Å²) in [7, 11) is 0. The van der Waals surface area contributed by atoms with Crippen molar-refractivity contribution >= 4 is 15.9 Å². The molecule has 5 heteroatoms. The minimum absolute atomic E-state index is 0.130. The Bertz CT molecular complexity index is 736. The Balaban J connectivity index is 1.70. The summed E-state index contributed by atoms with van der Waals surface area (Å²) in [6, 6.07) is 15.0. The largest absolute Gasteiger partial charge is 0.456 e. The van der Waals surface area contributed by atoms with Crippen molar-refractivity contribution < 1.29 is 14.2 Å². The molecule has 124 valence electrons. The van der Waals surface area contributed by atoms with Crippen molar-refractivity contribution in [3.05, 3.63) is 58.1 Å². The average molecular weight is 388 g/mol. The molecule has 2 aromatic rings. The van der Waals surface area contributed by atoms with Gasteiger partial charge in [0.1, 0.15) is 17.6 Å². The molecule has 0 spiro atoms. The van der Waals surface area contributed by atoms with Gasteiger partial charge in [-0.3, -0.25) is 0 Å². The second-order valence-electron chi connectivity index (χ2n) is 5.57. The van der Waals surface area contributed by atoms with Crippen LogP contribution in [0.2, 0.25) is 0 Å². The maximum atomic E-state index is 9.15. The van der Waals surface area contributed by atoms with E-state index < -0.39 is 0 Å². The molecule has 1 aliphatic heterocycles. The van der Waals surface area contributed by atoms with Gasteiger partial charge in [0.2, 0.25) is 0 Å². The predicted octanol–water partition coefficient (Wildman–Crippen LogP) is 5.16. The zero-order valence-corrected chi connectivity index (χ0v) is 14.8. The quantitative estimate of drug-likeness (QED) is 0.710. The van der Waals surface area contributed by atoms with Crippen LogP contribution in [0.3, 0.4) is 0 Å². The number of nitriles is 1. The Kier molecular flexibility index (Phi) is 5.86. The Labute approximate surface area is 150 Å². The fourth-order valence-electron chi connectivity index (χ4n) is 2.53. The first kappa shape index (κ1) is 17.0. The summed E-state index contributed by atoms with van der Waals surface area (Å²) in [6.45, 7) is 1.21. The normalized spacial score (nSPS) is 17.2. The fraction of sp³-hybridized carbons (Fsp3) is 0.316. The third-order valence-electron chi connectivity index (χ3n) is 3.82. The lowest BCUT2D eigenvalue weighted by Crippen LogP contribution is -2.22. The highest BCUT2D eigenvalue weighted by Crippen LogP contribution is 2.29.